The third kappa shape index (κ3) is 1.31. The highest BCUT2D eigenvalue weighted by atomic mass is 15.3. The van der Waals surface area contributed by atoms with E-state index in [1.807, 2.05) is 29.1 Å². The van der Waals surface area contributed by atoms with Gasteiger partial charge in [-0.2, -0.15) is 5.10 Å². The van der Waals surface area contributed by atoms with E-state index >= 15 is 0 Å². The van der Waals surface area contributed by atoms with Gasteiger partial charge >= 0.3 is 0 Å². The van der Waals surface area contributed by atoms with Crippen molar-refractivity contribution in [1.29, 1.82) is 0 Å². The van der Waals surface area contributed by atoms with Crippen LogP contribution in [0.4, 0.5) is 0 Å². The van der Waals surface area contributed by atoms with Crippen LogP contribution in [0, 0.1) is 0 Å². The summed E-state index contributed by atoms with van der Waals surface area (Å²) in [7, 11) is 0. The third-order valence-corrected chi connectivity index (χ3v) is 2.54. The van der Waals surface area contributed by atoms with Crippen LogP contribution in [0.5, 0.6) is 0 Å². The van der Waals surface area contributed by atoms with Crippen molar-refractivity contribution in [2.75, 3.05) is 0 Å². The molecule has 2 aromatic heterocycles. The molecule has 0 aromatic carbocycles. The number of pyridine rings is 1. The number of rotatable bonds is 2. The molecule has 2 aromatic rings. The number of nitrogens with zero attached hydrogens (tertiary/aromatic N) is 3. The first-order valence-corrected chi connectivity index (χ1v) is 4.89. The maximum absolute atomic E-state index is 4.30. The molecule has 0 aliphatic heterocycles. The van der Waals surface area contributed by atoms with Gasteiger partial charge in [0.1, 0.15) is 0 Å². The van der Waals surface area contributed by atoms with Crippen molar-refractivity contribution >= 4 is 0 Å². The van der Waals surface area contributed by atoms with Crippen LogP contribution in [0.25, 0.3) is 5.82 Å². The lowest BCUT2D eigenvalue weighted by Gasteiger charge is -1.97. The molecule has 0 saturated heterocycles. The Hall–Kier alpha value is -1.64. The Morgan fingerprint density at radius 3 is 2.93 bits per heavy atom. The van der Waals surface area contributed by atoms with Gasteiger partial charge in [-0.15, -0.1) is 0 Å². The van der Waals surface area contributed by atoms with Crippen LogP contribution in [0.3, 0.4) is 0 Å². The molecule has 0 atom stereocenters. The predicted molar refractivity (Wildman–Crippen MR) is 53.3 cm³/mol. The Labute approximate surface area is 82.4 Å². The van der Waals surface area contributed by atoms with E-state index in [4.69, 9.17) is 0 Å². The average Bonchev–Trinajstić information content (AvgIpc) is 2.98. The SMILES string of the molecule is c1ccc(-n2cc(C3CC3)cn2)nc1. The third-order valence-electron chi connectivity index (χ3n) is 2.54. The first-order chi connectivity index (χ1) is 6.93. The minimum atomic E-state index is 0.757. The summed E-state index contributed by atoms with van der Waals surface area (Å²) in [5, 5.41) is 4.30. The maximum Gasteiger partial charge on any atom is 0.153 e. The van der Waals surface area contributed by atoms with E-state index in [9.17, 15) is 0 Å². The summed E-state index contributed by atoms with van der Waals surface area (Å²) >= 11 is 0. The summed E-state index contributed by atoms with van der Waals surface area (Å²) in [6.45, 7) is 0. The van der Waals surface area contributed by atoms with E-state index in [1.54, 1.807) is 6.20 Å². The van der Waals surface area contributed by atoms with E-state index in [0.29, 0.717) is 0 Å². The van der Waals surface area contributed by atoms with Crippen molar-refractivity contribution in [2.24, 2.45) is 0 Å². The fraction of sp³-hybridized carbons (Fsp3) is 0.273. The van der Waals surface area contributed by atoms with Gasteiger partial charge in [0, 0.05) is 12.4 Å². The van der Waals surface area contributed by atoms with Gasteiger partial charge in [-0.3, -0.25) is 0 Å². The highest BCUT2D eigenvalue weighted by Gasteiger charge is 2.24. The largest absolute Gasteiger partial charge is 0.237 e. The minimum Gasteiger partial charge on any atom is -0.237 e. The van der Waals surface area contributed by atoms with Crippen molar-refractivity contribution in [3.8, 4) is 5.82 Å². The van der Waals surface area contributed by atoms with E-state index < -0.39 is 0 Å². The van der Waals surface area contributed by atoms with Crippen LogP contribution in [0.1, 0.15) is 24.3 Å². The highest BCUT2D eigenvalue weighted by Crippen LogP contribution is 2.39. The molecular formula is C11H11N3. The van der Waals surface area contributed by atoms with Gasteiger partial charge in [-0.05, 0) is 36.5 Å². The lowest BCUT2D eigenvalue weighted by Crippen LogP contribution is -1.96. The smallest absolute Gasteiger partial charge is 0.153 e. The molecule has 1 aliphatic carbocycles. The molecule has 0 radical (unpaired) electrons. The van der Waals surface area contributed by atoms with Crippen LogP contribution < -0.4 is 0 Å². The summed E-state index contributed by atoms with van der Waals surface area (Å²) < 4.78 is 1.84. The summed E-state index contributed by atoms with van der Waals surface area (Å²) in [5.74, 6) is 1.65. The Balaban J connectivity index is 1.96. The molecule has 3 rings (SSSR count). The molecule has 1 saturated carbocycles. The number of hydrogen-bond donors (Lipinski definition) is 0. The van der Waals surface area contributed by atoms with Crippen LogP contribution in [-0.2, 0) is 0 Å². The summed E-state index contributed by atoms with van der Waals surface area (Å²) in [6, 6.07) is 5.85. The van der Waals surface area contributed by atoms with Crippen molar-refractivity contribution < 1.29 is 0 Å². The standard InChI is InChI=1S/C11H11N3/c1-2-6-12-11(3-1)14-8-10(7-13-14)9-4-5-9/h1-3,6-9H,4-5H2. The second kappa shape index (κ2) is 2.94. The molecule has 1 fully saturated rings. The van der Waals surface area contributed by atoms with Crippen LogP contribution in [0.2, 0.25) is 0 Å². The summed E-state index contributed by atoms with van der Waals surface area (Å²) in [4.78, 5) is 4.24. The first-order valence-electron chi connectivity index (χ1n) is 4.89. The lowest BCUT2D eigenvalue weighted by molar-refractivity contribution is 0.846. The summed E-state index contributed by atoms with van der Waals surface area (Å²) in [6.07, 6.45) is 8.45. The topological polar surface area (TPSA) is 30.7 Å². The second-order valence-corrected chi connectivity index (χ2v) is 3.68. The minimum absolute atomic E-state index is 0.757. The van der Waals surface area contributed by atoms with Gasteiger partial charge in [0.2, 0.25) is 0 Å². The van der Waals surface area contributed by atoms with Gasteiger partial charge in [-0.25, -0.2) is 9.67 Å². The fourth-order valence-electron chi connectivity index (χ4n) is 1.58. The Kier molecular flexibility index (Phi) is 1.63. The Bertz CT molecular complexity index is 429. The predicted octanol–water partition coefficient (Wildman–Crippen LogP) is 2.14. The van der Waals surface area contributed by atoms with Crippen molar-refractivity contribution in [2.45, 2.75) is 18.8 Å². The van der Waals surface area contributed by atoms with E-state index in [1.165, 1.54) is 18.4 Å². The molecule has 0 unspecified atom stereocenters. The normalized spacial score (nSPS) is 15.7. The maximum atomic E-state index is 4.30. The zero-order valence-corrected chi connectivity index (χ0v) is 7.80. The lowest BCUT2D eigenvalue weighted by atomic mass is 10.2. The van der Waals surface area contributed by atoms with Crippen molar-refractivity contribution in [1.82, 2.24) is 14.8 Å². The van der Waals surface area contributed by atoms with Gasteiger partial charge in [-0.1, -0.05) is 6.07 Å². The highest BCUT2D eigenvalue weighted by molar-refractivity contribution is 5.25. The zero-order chi connectivity index (χ0) is 9.38. The molecule has 70 valence electrons. The van der Waals surface area contributed by atoms with Gasteiger partial charge < -0.3 is 0 Å². The van der Waals surface area contributed by atoms with Gasteiger partial charge in [0.25, 0.3) is 0 Å². The monoisotopic (exact) mass is 185 g/mol. The van der Waals surface area contributed by atoms with Crippen LogP contribution in [0.15, 0.2) is 36.8 Å². The number of aromatic nitrogens is 3. The van der Waals surface area contributed by atoms with E-state index in [2.05, 4.69) is 16.3 Å². The van der Waals surface area contributed by atoms with E-state index in [0.717, 1.165) is 11.7 Å². The molecule has 0 spiro atoms. The first kappa shape index (κ1) is 7.74. The van der Waals surface area contributed by atoms with Crippen molar-refractivity contribution in [3.63, 3.8) is 0 Å². The molecule has 1 aliphatic rings. The molecule has 3 nitrogen and oxygen atoms in total. The molecule has 0 N–H and O–H groups in total. The average molecular weight is 185 g/mol. The van der Waals surface area contributed by atoms with E-state index in [-0.39, 0.29) is 0 Å². The second-order valence-electron chi connectivity index (χ2n) is 3.68. The fourth-order valence-corrected chi connectivity index (χ4v) is 1.58. The summed E-state index contributed by atoms with van der Waals surface area (Å²) in [5.41, 5.74) is 1.34. The van der Waals surface area contributed by atoms with Gasteiger partial charge in [0.15, 0.2) is 5.82 Å². The molecular weight excluding hydrogens is 174 g/mol. The zero-order valence-electron chi connectivity index (χ0n) is 7.80. The molecule has 0 bridgehead atoms. The molecule has 2 heterocycles. The van der Waals surface area contributed by atoms with Crippen LogP contribution >= 0.6 is 0 Å². The molecule has 3 heteroatoms. The van der Waals surface area contributed by atoms with Crippen LogP contribution in [-0.4, -0.2) is 14.8 Å². The molecule has 14 heavy (non-hydrogen) atoms. The number of hydrogen-bond acceptors (Lipinski definition) is 2. The van der Waals surface area contributed by atoms with Gasteiger partial charge in [0.05, 0.1) is 6.20 Å². The Morgan fingerprint density at radius 2 is 2.21 bits per heavy atom. The quantitative estimate of drug-likeness (QED) is 0.717. The van der Waals surface area contributed by atoms with Crippen molar-refractivity contribution in [3.05, 3.63) is 42.4 Å². The molecule has 0 amide bonds. The Morgan fingerprint density at radius 1 is 1.29 bits per heavy atom.